The van der Waals surface area contributed by atoms with Gasteiger partial charge in [-0.2, -0.15) is 0 Å². The van der Waals surface area contributed by atoms with E-state index in [9.17, 15) is 9.90 Å². The Morgan fingerprint density at radius 1 is 1.04 bits per heavy atom. The second-order valence-corrected chi connectivity index (χ2v) is 6.62. The van der Waals surface area contributed by atoms with Crippen LogP contribution in [0.15, 0.2) is 50.9 Å². The molecule has 2 aromatic carbocycles. The van der Waals surface area contributed by atoms with Crippen molar-refractivity contribution in [3.05, 3.63) is 52.0 Å². The monoisotopic (exact) mass is 417 g/mol. The number of hydrogen-bond acceptors (Lipinski definition) is 4. The van der Waals surface area contributed by atoms with Gasteiger partial charge in [0.15, 0.2) is 17.4 Å². The number of nitrogens with two attached hydrogens (primary N) is 2. The highest BCUT2D eigenvalue weighted by molar-refractivity contribution is 9.10. The summed E-state index contributed by atoms with van der Waals surface area (Å²) in [6, 6.07) is 10.5. The van der Waals surface area contributed by atoms with Gasteiger partial charge in [0, 0.05) is 18.6 Å². The number of benzene rings is 2. The first-order chi connectivity index (χ1) is 12.2. The molecule has 0 heterocycles. The van der Waals surface area contributed by atoms with Crippen LogP contribution in [-0.4, -0.2) is 41.7 Å². The predicted molar refractivity (Wildman–Crippen MR) is 108 cm³/mol. The third-order valence-corrected chi connectivity index (χ3v) is 4.25. The molecule has 7 nitrogen and oxygen atoms in total. The topological polar surface area (TPSA) is 117 Å². The Balaban J connectivity index is 2.44. The minimum absolute atomic E-state index is 0.00244. The second-order valence-electron chi connectivity index (χ2n) is 5.77. The van der Waals surface area contributed by atoms with Crippen LogP contribution in [0.2, 0.25) is 0 Å². The van der Waals surface area contributed by atoms with E-state index in [4.69, 9.17) is 11.5 Å². The van der Waals surface area contributed by atoms with Gasteiger partial charge in [-0.25, -0.2) is 9.98 Å². The summed E-state index contributed by atoms with van der Waals surface area (Å²) in [4.78, 5) is 22.0. The lowest BCUT2D eigenvalue weighted by Gasteiger charge is -2.15. The van der Waals surface area contributed by atoms with Gasteiger partial charge in [0.05, 0.1) is 11.3 Å². The Morgan fingerprint density at radius 2 is 1.62 bits per heavy atom. The van der Waals surface area contributed by atoms with Crippen LogP contribution in [0.25, 0.3) is 0 Å². The van der Waals surface area contributed by atoms with Crippen LogP contribution in [-0.2, 0) is 0 Å². The van der Waals surface area contributed by atoms with Crippen LogP contribution in [0.4, 0.5) is 11.4 Å². The number of phenols is 1. The zero-order valence-corrected chi connectivity index (χ0v) is 16.3. The SMILES string of the molecule is Cc1ccc(N=C(N)C(N)=Nc2ccccc2Br)c(O)c1C(=O)N(C)C. The smallest absolute Gasteiger partial charge is 0.257 e. The molecule has 0 unspecified atom stereocenters. The first-order valence-corrected chi connectivity index (χ1v) is 8.49. The molecule has 26 heavy (non-hydrogen) atoms. The molecule has 0 fully saturated rings. The molecule has 0 aliphatic rings. The van der Waals surface area contributed by atoms with Gasteiger partial charge in [0.2, 0.25) is 0 Å². The molecular formula is C18H20BrN5O2. The summed E-state index contributed by atoms with van der Waals surface area (Å²) in [6.45, 7) is 1.73. The third-order valence-electron chi connectivity index (χ3n) is 3.58. The maximum atomic E-state index is 12.3. The number of nitrogens with zero attached hydrogens (tertiary/aromatic N) is 3. The molecule has 0 radical (unpaired) electrons. The van der Waals surface area contributed by atoms with Crippen molar-refractivity contribution in [2.24, 2.45) is 21.5 Å². The molecule has 2 aromatic rings. The molecule has 8 heteroatoms. The molecule has 0 atom stereocenters. The molecule has 0 spiro atoms. The van der Waals surface area contributed by atoms with E-state index in [2.05, 4.69) is 25.9 Å². The van der Waals surface area contributed by atoms with Crippen molar-refractivity contribution in [1.82, 2.24) is 4.90 Å². The van der Waals surface area contributed by atoms with Crippen molar-refractivity contribution in [3.63, 3.8) is 0 Å². The van der Waals surface area contributed by atoms with Crippen molar-refractivity contribution < 1.29 is 9.90 Å². The fourth-order valence-electron chi connectivity index (χ4n) is 2.18. The molecule has 0 bridgehead atoms. The first-order valence-electron chi connectivity index (χ1n) is 7.69. The van der Waals surface area contributed by atoms with E-state index < -0.39 is 0 Å². The van der Waals surface area contributed by atoms with Gasteiger partial charge in [0.1, 0.15) is 5.69 Å². The number of hydrogen-bond donors (Lipinski definition) is 3. The third kappa shape index (κ3) is 4.20. The van der Waals surface area contributed by atoms with E-state index in [0.29, 0.717) is 11.3 Å². The summed E-state index contributed by atoms with van der Waals surface area (Å²) in [5, 5.41) is 10.5. The number of amidine groups is 2. The fraction of sp³-hybridized carbons (Fsp3) is 0.167. The average Bonchev–Trinajstić information content (AvgIpc) is 2.59. The largest absolute Gasteiger partial charge is 0.505 e. The van der Waals surface area contributed by atoms with Gasteiger partial charge in [-0.15, -0.1) is 0 Å². The van der Waals surface area contributed by atoms with Crippen molar-refractivity contribution >= 4 is 44.9 Å². The van der Waals surface area contributed by atoms with Crippen LogP contribution >= 0.6 is 15.9 Å². The molecule has 1 amide bonds. The number of aryl methyl sites for hydroxylation is 1. The number of carbonyl (C=O) groups is 1. The summed E-state index contributed by atoms with van der Waals surface area (Å²) in [6.07, 6.45) is 0. The Morgan fingerprint density at radius 3 is 2.19 bits per heavy atom. The maximum Gasteiger partial charge on any atom is 0.257 e. The molecule has 0 aliphatic carbocycles. The molecule has 0 aromatic heterocycles. The normalized spacial score (nSPS) is 12.2. The Labute approximate surface area is 160 Å². The Kier molecular flexibility index (Phi) is 5.99. The number of halogens is 1. The summed E-state index contributed by atoms with van der Waals surface area (Å²) in [5.74, 6) is -0.647. The van der Waals surface area contributed by atoms with E-state index in [0.717, 1.165) is 4.47 Å². The standard InChI is InChI=1S/C18H20BrN5O2/c1-10-8-9-13(15(25)14(10)18(26)24(2)3)23-17(21)16(20)22-12-7-5-4-6-11(12)19/h4-9,25H,1-3H3,(H2,20,22)(H2,21,23). The molecule has 2 rings (SSSR count). The highest BCUT2D eigenvalue weighted by Gasteiger charge is 2.19. The Bertz CT molecular complexity index is 906. The minimum Gasteiger partial charge on any atom is -0.505 e. The van der Waals surface area contributed by atoms with E-state index in [-0.39, 0.29) is 34.6 Å². The summed E-state index contributed by atoms with van der Waals surface area (Å²) in [7, 11) is 3.21. The van der Waals surface area contributed by atoms with Crippen LogP contribution in [0, 0.1) is 6.92 Å². The van der Waals surface area contributed by atoms with Crippen molar-refractivity contribution in [1.29, 1.82) is 0 Å². The van der Waals surface area contributed by atoms with Crippen molar-refractivity contribution in [3.8, 4) is 5.75 Å². The van der Waals surface area contributed by atoms with E-state index in [1.807, 2.05) is 18.2 Å². The van der Waals surface area contributed by atoms with Gasteiger partial charge in [0.25, 0.3) is 5.91 Å². The molecule has 0 saturated heterocycles. The minimum atomic E-state index is -0.328. The van der Waals surface area contributed by atoms with E-state index in [1.165, 1.54) is 4.90 Å². The molecule has 0 aliphatic heterocycles. The predicted octanol–water partition coefficient (Wildman–Crippen LogP) is 2.84. The summed E-state index contributed by atoms with van der Waals surface area (Å²) < 4.78 is 0.757. The van der Waals surface area contributed by atoms with Gasteiger partial charge < -0.3 is 21.5 Å². The van der Waals surface area contributed by atoms with Crippen LogP contribution in [0.3, 0.4) is 0 Å². The quantitative estimate of drug-likeness (QED) is 0.525. The average molecular weight is 418 g/mol. The lowest BCUT2D eigenvalue weighted by Crippen LogP contribution is -2.30. The number of rotatable bonds is 3. The fourth-order valence-corrected chi connectivity index (χ4v) is 2.55. The van der Waals surface area contributed by atoms with Crippen LogP contribution in [0.1, 0.15) is 15.9 Å². The lowest BCUT2D eigenvalue weighted by molar-refractivity contribution is 0.0824. The van der Waals surface area contributed by atoms with Crippen molar-refractivity contribution in [2.75, 3.05) is 14.1 Å². The Hall–Kier alpha value is -2.87. The number of carbonyl (C=O) groups excluding carboxylic acids is 1. The zero-order valence-electron chi connectivity index (χ0n) is 14.7. The number of phenolic OH excluding ortho intramolecular Hbond substituents is 1. The number of para-hydroxylation sites is 1. The summed E-state index contributed by atoms with van der Waals surface area (Å²) >= 11 is 3.37. The number of aromatic hydroxyl groups is 1. The van der Waals surface area contributed by atoms with Crippen LogP contribution in [0.5, 0.6) is 5.75 Å². The highest BCUT2D eigenvalue weighted by Crippen LogP contribution is 2.33. The molecule has 5 N–H and O–H groups in total. The highest BCUT2D eigenvalue weighted by atomic mass is 79.9. The lowest BCUT2D eigenvalue weighted by atomic mass is 10.1. The maximum absolute atomic E-state index is 12.3. The van der Waals surface area contributed by atoms with Gasteiger partial charge in [-0.3, -0.25) is 4.79 Å². The van der Waals surface area contributed by atoms with E-state index in [1.54, 1.807) is 39.2 Å². The molecular weight excluding hydrogens is 398 g/mol. The van der Waals surface area contributed by atoms with Gasteiger partial charge >= 0.3 is 0 Å². The van der Waals surface area contributed by atoms with Gasteiger partial charge in [-0.05, 0) is 46.6 Å². The van der Waals surface area contributed by atoms with Gasteiger partial charge in [-0.1, -0.05) is 18.2 Å². The van der Waals surface area contributed by atoms with Crippen molar-refractivity contribution in [2.45, 2.75) is 6.92 Å². The molecule has 0 saturated carbocycles. The zero-order chi connectivity index (χ0) is 19.4. The summed E-state index contributed by atoms with van der Waals surface area (Å²) in [5.41, 5.74) is 13.4. The molecule has 136 valence electrons. The number of amides is 1. The van der Waals surface area contributed by atoms with E-state index >= 15 is 0 Å². The second kappa shape index (κ2) is 8.01. The first kappa shape index (κ1) is 19.5. The van der Waals surface area contributed by atoms with Crippen LogP contribution < -0.4 is 11.5 Å². The number of aliphatic imine (C=N–C) groups is 2.